The van der Waals surface area contributed by atoms with E-state index >= 15 is 0 Å². The normalized spacial score (nSPS) is 14.1. The molecule has 0 bridgehead atoms. The Hall–Kier alpha value is -2.38. The highest BCUT2D eigenvalue weighted by molar-refractivity contribution is 9.10. The monoisotopic (exact) mass is 446 g/mol. The fourth-order valence-electron chi connectivity index (χ4n) is 2.87. The van der Waals surface area contributed by atoms with Gasteiger partial charge in [0.25, 0.3) is 11.8 Å². The SMILES string of the molecule is CC(C)Oc1ccc(C(=O)Nc2cccc(C(=O)N3CCOCC3)c2)cc1Br. The van der Waals surface area contributed by atoms with Crippen molar-refractivity contribution in [2.75, 3.05) is 31.6 Å². The highest BCUT2D eigenvalue weighted by Crippen LogP contribution is 2.27. The molecule has 2 aromatic rings. The van der Waals surface area contributed by atoms with E-state index in [0.717, 1.165) is 0 Å². The number of anilines is 1. The van der Waals surface area contributed by atoms with Crippen molar-refractivity contribution < 1.29 is 19.1 Å². The van der Waals surface area contributed by atoms with E-state index in [-0.39, 0.29) is 17.9 Å². The molecule has 2 aromatic carbocycles. The van der Waals surface area contributed by atoms with Crippen LogP contribution < -0.4 is 10.1 Å². The van der Waals surface area contributed by atoms with Crippen LogP contribution in [0.4, 0.5) is 5.69 Å². The van der Waals surface area contributed by atoms with E-state index in [0.29, 0.717) is 53.3 Å². The Balaban J connectivity index is 1.70. The second-order valence-corrected chi connectivity index (χ2v) is 7.61. The molecule has 1 heterocycles. The number of carbonyl (C=O) groups is 2. The summed E-state index contributed by atoms with van der Waals surface area (Å²) in [4.78, 5) is 27.0. The molecule has 1 fully saturated rings. The zero-order valence-corrected chi connectivity index (χ0v) is 17.5. The van der Waals surface area contributed by atoms with Crippen LogP contribution in [0.15, 0.2) is 46.9 Å². The number of benzene rings is 2. The van der Waals surface area contributed by atoms with E-state index in [2.05, 4.69) is 21.2 Å². The third-order valence-electron chi connectivity index (χ3n) is 4.22. The zero-order valence-electron chi connectivity index (χ0n) is 15.9. The first kappa shape index (κ1) is 20.4. The van der Waals surface area contributed by atoms with Gasteiger partial charge in [-0.25, -0.2) is 0 Å². The predicted molar refractivity (Wildman–Crippen MR) is 111 cm³/mol. The van der Waals surface area contributed by atoms with E-state index in [1.165, 1.54) is 0 Å². The van der Waals surface area contributed by atoms with Crippen LogP contribution in [0.5, 0.6) is 5.75 Å². The molecule has 2 amide bonds. The van der Waals surface area contributed by atoms with Gasteiger partial charge in [0.05, 0.1) is 23.8 Å². The van der Waals surface area contributed by atoms with Crippen molar-refractivity contribution in [3.05, 3.63) is 58.1 Å². The number of rotatable bonds is 5. The Bertz CT molecular complexity index is 863. The van der Waals surface area contributed by atoms with Crippen LogP contribution in [0.25, 0.3) is 0 Å². The molecule has 3 rings (SSSR count). The van der Waals surface area contributed by atoms with Gasteiger partial charge >= 0.3 is 0 Å². The number of hydrogen-bond donors (Lipinski definition) is 1. The molecular weight excluding hydrogens is 424 g/mol. The average molecular weight is 447 g/mol. The van der Waals surface area contributed by atoms with Crippen molar-refractivity contribution >= 4 is 33.4 Å². The van der Waals surface area contributed by atoms with Crippen molar-refractivity contribution in [1.29, 1.82) is 0 Å². The molecule has 0 atom stereocenters. The number of amides is 2. The summed E-state index contributed by atoms with van der Waals surface area (Å²) in [6.45, 7) is 6.14. The third-order valence-corrected chi connectivity index (χ3v) is 4.84. The Labute approximate surface area is 172 Å². The first-order valence-corrected chi connectivity index (χ1v) is 9.98. The van der Waals surface area contributed by atoms with Crippen molar-refractivity contribution in [1.82, 2.24) is 4.90 Å². The predicted octanol–water partition coefficient (Wildman–Crippen LogP) is 3.96. The van der Waals surface area contributed by atoms with Gasteiger partial charge in [0.15, 0.2) is 0 Å². The summed E-state index contributed by atoms with van der Waals surface area (Å²) in [5.41, 5.74) is 1.61. The minimum atomic E-state index is -0.257. The second kappa shape index (κ2) is 9.21. The van der Waals surface area contributed by atoms with Gasteiger partial charge < -0.3 is 19.7 Å². The number of morpholine rings is 1. The van der Waals surface area contributed by atoms with E-state index in [9.17, 15) is 9.59 Å². The standard InChI is InChI=1S/C21H23BrN2O4/c1-14(2)28-19-7-6-15(13-18(19)22)20(25)23-17-5-3-4-16(12-17)21(26)24-8-10-27-11-9-24/h3-7,12-14H,8-11H2,1-2H3,(H,23,25). The molecule has 0 aliphatic carbocycles. The van der Waals surface area contributed by atoms with E-state index in [1.54, 1.807) is 47.4 Å². The van der Waals surface area contributed by atoms with Gasteiger partial charge in [0.2, 0.25) is 0 Å². The maximum absolute atomic E-state index is 12.6. The summed E-state index contributed by atoms with van der Waals surface area (Å²) >= 11 is 3.44. The first-order valence-electron chi connectivity index (χ1n) is 9.18. The van der Waals surface area contributed by atoms with Crippen molar-refractivity contribution in [2.45, 2.75) is 20.0 Å². The Morgan fingerprint density at radius 3 is 2.54 bits per heavy atom. The minimum absolute atomic E-state index is 0.0442. The van der Waals surface area contributed by atoms with Crippen molar-refractivity contribution in [2.24, 2.45) is 0 Å². The molecule has 1 aliphatic rings. The molecule has 0 radical (unpaired) electrons. The summed E-state index contributed by atoms with van der Waals surface area (Å²) in [7, 11) is 0. The first-order chi connectivity index (χ1) is 13.4. The Morgan fingerprint density at radius 1 is 1.11 bits per heavy atom. The largest absolute Gasteiger partial charge is 0.490 e. The van der Waals surface area contributed by atoms with Crippen LogP contribution in [0.2, 0.25) is 0 Å². The molecule has 0 aromatic heterocycles. The lowest BCUT2D eigenvalue weighted by atomic mass is 10.1. The van der Waals surface area contributed by atoms with Crippen LogP contribution in [-0.2, 0) is 4.74 Å². The van der Waals surface area contributed by atoms with E-state index in [4.69, 9.17) is 9.47 Å². The smallest absolute Gasteiger partial charge is 0.255 e. The van der Waals surface area contributed by atoms with Gasteiger partial charge in [-0.15, -0.1) is 0 Å². The number of carbonyl (C=O) groups excluding carboxylic acids is 2. The molecule has 0 spiro atoms. The molecule has 28 heavy (non-hydrogen) atoms. The Kier molecular flexibility index (Phi) is 6.70. The minimum Gasteiger partial charge on any atom is -0.490 e. The maximum atomic E-state index is 12.6. The van der Waals surface area contributed by atoms with Crippen LogP contribution in [0.3, 0.4) is 0 Å². The van der Waals surface area contributed by atoms with Gasteiger partial charge in [-0.05, 0) is 66.2 Å². The maximum Gasteiger partial charge on any atom is 0.255 e. The molecule has 6 nitrogen and oxygen atoms in total. The number of nitrogens with one attached hydrogen (secondary N) is 1. The summed E-state index contributed by atoms with van der Waals surface area (Å²) in [5, 5.41) is 2.85. The van der Waals surface area contributed by atoms with Crippen LogP contribution in [0, 0.1) is 0 Å². The number of ether oxygens (including phenoxy) is 2. The number of halogens is 1. The van der Waals surface area contributed by atoms with Crippen LogP contribution >= 0.6 is 15.9 Å². The molecule has 7 heteroatoms. The van der Waals surface area contributed by atoms with Gasteiger partial charge in [-0.1, -0.05) is 6.07 Å². The van der Waals surface area contributed by atoms with Gasteiger partial charge in [-0.2, -0.15) is 0 Å². The highest BCUT2D eigenvalue weighted by Gasteiger charge is 2.19. The topological polar surface area (TPSA) is 67.9 Å². The van der Waals surface area contributed by atoms with Crippen molar-refractivity contribution in [3.63, 3.8) is 0 Å². The second-order valence-electron chi connectivity index (χ2n) is 6.75. The molecular formula is C21H23BrN2O4. The zero-order chi connectivity index (χ0) is 20.1. The van der Waals surface area contributed by atoms with Crippen molar-refractivity contribution in [3.8, 4) is 5.75 Å². The summed E-state index contributed by atoms with van der Waals surface area (Å²) in [5.74, 6) is 0.370. The Morgan fingerprint density at radius 2 is 1.86 bits per heavy atom. The summed E-state index contributed by atoms with van der Waals surface area (Å²) in [6, 6.07) is 12.2. The lowest BCUT2D eigenvalue weighted by molar-refractivity contribution is 0.0303. The van der Waals surface area contributed by atoms with E-state index < -0.39 is 0 Å². The third kappa shape index (κ3) is 5.11. The number of nitrogens with zero attached hydrogens (tertiary/aromatic N) is 1. The molecule has 148 valence electrons. The summed E-state index contributed by atoms with van der Waals surface area (Å²) < 4.78 is 11.7. The molecule has 1 N–H and O–H groups in total. The van der Waals surface area contributed by atoms with Gasteiger partial charge in [0.1, 0.15) is 5.75 Å². The summed E-state index contributed by atoms with van der Waals surface area (Å²) in [6.07, 6.45) is 0.0442. The fraction of sp³-hybridized carbons (Fsp3) is 0.333. The molecule has 1 saturated heterocycles. The highest BCUT2D eigenvalue weighted by atomic mass is 79.9. The molecule has 1 aliphatic heterocycles. The molecule has 0 unspecified atom stereocenters. The lowest BCUT2D eigenvalue weighted by Gasteiger charge is -2.27. The van der Waals surface area contributed by atoms with Gasteiger partial charge in [-0.3, -0.25) is 9.59 Å². The quantitative estimate of drug-likeness (QED) is 0.754. The fourth-order valence-corrected chi connectivity index (χ4v) is 3.35. The number of hydrogen-bond acceptors (Lipinski definition) is 4. The average Bonchev–Trinajstić information content (AvgIpc) is 2.69. The molecule has 0 saturated carbocycles. The van der Waals surface area contributed by atoms with Gasteiger partial charge in [0, 0.05) is 29.9 Å². The van der Waals surface area contributed by atoms with Crippen LogP contribution in [0.1, 0.15) is 34.6 Å². The lowest BCUT2D eigenvalue weighted by Crippen LogP contribution is -2.40. The van der Waals surface area contributed by atoms with E-state index in [1.807, 2.05) is 13.8 Å². The van der Waals surface area contributed by atoms with Crippen LogP contribution in [-0.4, -0.2) is 49.1 Å².